The first-order valence-electron chi connectivity index (χ1n) is 5.95. The van der Waals surface area contributed by atoms with Gasteiger partial charge in [0.15, 0.2) is 0 Å². The van der Waals surface area contributed by atoms with E-state index in [1.54, 1.807) is 31.4 Å². The molecule has 1 rings (SSSR count). The summed E-state index contributed by atoms with van der Waals surface area (Å²) >= 11 is 0. The fourth-order valence-corrected chi connectivity index (χ4v) is 1.42. The quantitative estimate of drug-likeness (QED) is 0.335. The molecule has 2 heteroatoms. The van der Waals surface area contributed by atoms with Crippen molar-refractivity contribution in [3.63, 3.8) is 0 Å². The predicted molar refractivity (Wildman–Crippen MR) is 69.2 cm³/mol. The first kappa shape index (κ1) is 13.3. The van der Waals surface area contributed by atoms with Gasteiger partial charge in [0, 0.05) is 12.0 Å². The second-order valence-electron chi connectivity index (χ2n) is 3.82. The molecule has 0 spiro atoms. The van der Waals surface area contributed by atoms with Crippen molar-refractivity contribution in [3.05, 3.63) is 29.8 Å². The highest BCUT2D eigenvalue weighted by molar-refractivity contribution is 6.09. The van der Waals surface area contributed by atoms with E-state index < -0.39 is 0 Å². The zero-order chi connectivity index (χ0) is 12.5. The summed E-state index contributed by atoms with van der Waals surface area (Å²) in [4.78, 5) is 11.7. The minimum absolute atomic E-state index is 0.121. The van der Waals surface area contributed by atoms with Gasteiger partial charge in [0.05, 0.1) is 7.11 Å². The maximum Gasteiger partial charge on any atom is 0.235 e. The highest BCUT2D eigenvalue weighted by Crippen LogP contribution is 2.11. The molecule has 2 nitrogen and oxygen atoms in total. The first-order chi connectivity index (χ1) is 8.27. The van der Waals surface area contributed by atoms with Gasteiger partial charge in [-0.3, -0.25) is 4.79 Å². The second kappa shape index (κ2) is 7.51. The van der Waals surface area contributed by atoms with Crippen molar-refractivity contribution < 1.29 is 9.53 Å². The van der Waals surface area contributed by atoms with Crippen molar-refractivity contribution in [2.45, 2.75) is 32.6 Å². The fourth-order valence-electron chi connectivity index (χ4n) is 1.42. The lowest BCUT2D eigenvalue weighted by molar-refractivity contribution is 0.105. The van der Waals surface area contributed by atoms with E-state index in [9.17, 15) is 4.79 Å². The Morgan fingerprint density at radius 1 is 1.24 bits per heavy atom. The van der Waals surface area contributed by atoms with Crippen LogP contribution in [-0.4, -0.2) is 12.9 Å². The molecule has 0 radical (unpaired) electrons. The third-order valence-electron chi connectivity index (χ3n) is 2.46. The molecule has 0 aliphatic carbocycles. The molecule has 0 unspecified atom stereocenters. The Balaban J connectivity index is 2.51. The van der Waals surface area contributed by atoms with Crippen LogP contribution in [0.4, 0.5) is 0 Å². The van der Waals surface area contributed by atoms with Crippen molar-refractivity contribution in [2.75, 3.05) is 7.11 Å². The van der Waals surface area contributed by atoms with Crippen LogP contribution in [0.15, 0.2) is 24.3 Å². The van der Waals surface area contributed by atoms with Gasteiger partial charge in [-0.25, -0.2) is 0 Å². The standard InChI is InChI=1S/C15H18O2/c1-3-4-5-6-7-8-15(16)13-9-11-14(17-2)12-10-13/h9-12H,3-6H2,1-2H3. The molecule has 0 N–H and O–H groups in total. The Morgan fingerprint density at radius 3 is 2.53 bits per heavy atom. The van der Waals surface area contributed by atoms with Crippen LogP contribution in [0, 0.1) is 11.8 Å². The predicted octanol–water partition coefficient (Wildman–Crippen LogP) is 3.46. The Hall–Kier alpha value is -1.75. The molecule has 1 aromatic rings. The van der Waals surface area contributed by atoms with Gasteiger partial charge < -0.3 is 4.74 Å². The molecule has 1 aromatic carbocycles. The first-order valence-corrected chi connectivity index (χ1v) is 5.95. The number of methoxy groups -OCH3 is 1. The molecule has 0 aromatic heterocycles. The molecule has 17 heavy (non-hydrogen) atoms. The van der Waals surface area contributed by atoms with Gasteiger partial charge in [-0.15, -0.1) is 0 Å². The minimum Gasteiger partial charge on any atom is -0.497 e. The van der Waals surface area contributed by atoms with Gasteiger partial charge in [-0.05, 0) is 36.6 Å². The van der Waals surface area contributed by atoms with Gasteiger partial charge in [0.25, 0.3) is 0 Å². The summed E-state index contributed by atoms with van der Waals surface area (Å²) in [6.45, 7) is 2.15. The van der Waals surface area contributed by atoms with Crippen LogP contribution < -0.4 is 4.74 Å². The van der Waals surface area contributed by atoms with E-state index >= 15 is 0 Å². The van der Waals surface area contributed by atoms with E-state index in [4.69, 9.17) is 4.74 Å². The van der Waals surface area contributed by atoms with Crippen LogP contribution in [0.3, 0.4) is 0 Å². The fraction of sp³-hybridized carbons (Fsp3) is 0.400. The summed E-state index contributed by atoms with van der Waals surface area (Å²) in [5.74, 6) is 6.21. The van der Waals surface area contributed by atoms with E-state index in [1.165, 1.54) is 12.8 Å². The van der Waals surface area contributed by atoms with Gasteiger partial charge in [0.1, 0.15) is 5.75 Å². The lowest BCUT2D eigenvalue weighted by Crippen LogP contribution is -1.94. The lowest BCUT2D eigenvalue weighted by Gasteiger charge is -1.98. The smallest absolute Gasteiger partial charge is 0.235 e. The van der Waals surface area contributed by atoms with Crippen LogP contribution in [0.2, 0.25) is 0 Å². The normalized spacial score (nSPS) is 9.29. The second-order valence-corrected chi connectivity index (χ2v) is 3.82. The number of carbonyl (C=O) groups is 1. The van der Waals surface area contributed by atoms with Crippen molar-refractivity contribution in [1.29, 1.82) is 0 Å². The van der Waals surface area contributed by atoms with Crippen LogP contribution in [0.1, 0.15) is 43.0 Å². The van der Waals surface area contributed by atoms with E-state index in [1.807, 2.05) is 0 Å². The summed E-state index contributed by atoms with van der Waals surface area (Å²) in [6.07, 6.45) is 4.22. The van der Waals surface area contributed by atoms with Crippen molar-refractivity contribution in [1.82, 2.24) is 0 Å². The van der Waals surface area contributed by atoms with Crippen molar-refractivity contribution in [3.8, 4) is 17.6 Å². The third-order valence-corrected chi connectivity index (χ3v) is 2.46. The number of unbranched alkanes of at least 4 members (excludes halogenated alkanes) is 3. The molecular formula is C15H18O2. The number of hydrogen-bond acceptors (Lipinski definition) is 2. The largest absolute Gasteiger partial charge is 0.497 e. The maximum atomic E-state index is 11.7. The number of benzene rings is 1. The van der Waals surface area contributed by atoms with Crippen molar-refractivity contribution in [2.24, 2.45) is 0 Å². The number of rotatable bonds is 5. The summed E-state index contributed by atoms with van der Waals surface area (Å²) in [6, 6.07) is 7.02. The maximum absolute atomic E-state index is 11.7. The van der Waals surface area contributed by atoms with Gasteiger partial charge >= 0.3 is 0 Å². The molecule has 90 valence electrons. The Bertz CT molecular complexity index is 407. The minimum atomic E-state index is -0.121. The number of ether oxygens (including phenoxy) is 1. The van der Waals surface area contributed by atoms with E-state index in [2.05, 4.69) is 18.8 Å². The number of carbonyl (C=O) groups excluding carboxylic acids is 1. The van der Waals surface area contributed by atoms with Crippen LogP contribution in [0.5, 0.6) is 5.75 Å². The average Bonchev–Trinajstić information content (AvgIpc) is 2.38. The Labute approximate surface area is 103 Å². The molecule has 0 heterocycles. The van der Waals surface area contributed by atoms with Gasteiger partial charge in [-0.2, -0.15) is 0 Å². The van der Waals surface area contributed by atoms with Crippen LogP contribution >= 0.6 is 0 Å². The van der Waals surface area contributed by atoms with Crippen LogP contribution in [0.25, 0.3) is 0 Å². The molecule has 0 atom stereocenters. The Morgan fingerprint density at radius 2 is 1.94 bits per heavy atom. The van der Waals surface area contributed by atoms with E-state index in [-0.39, 0.29) is 5.78 Å². The highest BCUT2D eigenvalue weighted by Gasteiger charge is 2.01. The summed E-state index contributed by atoms with van der Waals surface area (Å²) in [7, 11) is 1.60. The van der Waals surface area contributed by atoms with Crippen LogP contribution in [-0.2, 0) is 0 Å². The molecule has 0 amide bonds. The average molecular weight is 230 g/mol. The molecule has 0 aliphatic heterocycles. The molecule has 0 aliphatic rings. The SMILES string of the molecule is CCCCCC#CC(=O)c1ccc(OC)cc1. The van der Waals surface area contributed by atoms with Gasteiger partial charge in [-0.1, -0.05) is 25.7 Å². The van der Waals surface area contributed by atoms with E-state index in [0.29, 0.717) is 5.56 Å². The van der Waals surface area contributed by atoms with Gasteiger partial charge in [0.2, 0.25) is 5.78 Å². The Kier molecular flexibility index (Phi) is 5.88. The molecule has 0 fully saturated rings. The zero-order valence-corrected chi connectivity index (χ0v) is 10.5. The lowest BCUT2D eigenvalue weighted by atomic mass is 10.1. The molecular weight excluding hydrogens is 212 g/mol. The third kappa shape index (κ3) is 4.74. The monoisotopic (exact) mass is 230 g/mol. The summed E-state index contributed by atoms with van der Waals surface area (Å²) < 4.78 is 5.03. The molecule has 0 saturated heterocycles. The topological polar surface area (TPSA) is 26.3 Å². The summed E-state index contributed by atoms with van der Waals surface area (Å²) in [5.41, 5.74) is 0.619. The highest BCUT2D eigenvalue weighted by atomic mass is 16.5. The van der Waals surface area contributed by atoms with Crippen molar-refractivity contribution >= 4 is 5.78 Å². The number of ketones is 1. The molecule has 0 bridgehead atoms. The van der Waals surface area contributed by atoms with E-state index in [0.717, 1.165) is 18.6 Å². The number of Topliss-reactive ketones (excluding diaryl/α,β-unsaturated/α-hetero) is 1. The number of hydrogen-bond donors (Lipinski definition) is 0. The molecule has 0 saturated carbocycles. The zero-order valence-electron chi connectivity index (χ0n) is 10.5. The summed E-state index contributed by atoms with van der Waals surface area (Å²) in [5, 5.41) is 0.